The van der Waals surface area contributed by atoms with Gasteiger partial charge in [0, 0.05) is 6.54 Å². The van der Waals surface area contributed by atoms with Crippen LogP contribution < -0.4 is 5.32 Å². The zero-order valence-corrected chi connectivity index (χ0v) is 13.0. The van der Waals surface area contributed by atoms with E-state index in [4.69, 9.17) is 15.0 Å². The number of nitrogens with one attached hydrogen (secondary N) is 1. The molecular weight excluding hydrogens is 278 g/mol. The third kappa shape index (κ3) is 4.07. The van der Waals surface area contributed by atoms with Gasteiger partial charge in [-0.2, -0.15) is 4.79 Å². The number of hydrogen-bond acceptors (Lipinski definition) is 3. The summed E-state index contributed by atoms with van der Waals surface area (Å²) in [6.07, 6.45) is 3.59. The number of rotatable bonds is 7. The molecular formula is C17H21N3O2. The van der Waals surface area contributed by atoms with Crippen LogP contribution >= 0.6 is 0 Å². The van der Waals surface area contributed by atoms with Gasteiger partial charge in [-0.3, -0.25) is 5.32 Å². The number of allylic oxidation sites excluding steroid dienone is 1. The molecule has 1 atom stereocenters. The molecule has 0 radical (unpaired) electrons. The molecule has 0 amide bonds. The van der Waals surface area contributed by atoms with Crippen molar-refractivity contribution in [2.24, 2.45) is 0 Å². The molecule has 1 aromatic rings. The Kier molecular flexibility index (Phi) is 5.95. The standard InChI is InChI=1S/C17H21N3O2/c1-3-21-16-11-15(20-18)17(22-4-2)10-14(16)19-12-13-8-6-5-7-9-13/h5-11,14,19H,3-4,12H2,1-2H3. The van der Waals surface area contributed by atoms with Gasteiger partial charge in [-0.05, 0) is 25.5 Å². The summed E-state index contributed by atoms with van der Waals surface area (Å²) in [5.41, 5.74) is 10.7. The van der Waals surface area contributed by atoms with Crippen LogP contribution in [0.4, 0.5) is 0 Å². The second-order valence-corrected chi connectivity index (χ2v) is 4.77. The fraction of sp³-hybridized carbons (Fsp3) is 0.353. The van der Waals surface area contributed by atoms with Crippen molar-refractivity contribution in [2.75, 3.05) is 13.2 Å². The van der Waals surface area contributed by atoms with Crippen LogP contribution in [-0.4, -0.2) is 29.8 Å². The quantitative estimate of drug-likeness (QED) is 0.622. The fourth-order valence-electron chi connectivity index (χ4n) is 2.25. The summed E-state index contributed by atoms with van der Waals surface area (Å²) in [5.74, 6) is 1.27. The highest BCUT2D eigenvalue weighted by Crippen LogP contribution is 2.18. The molecule has 0 fully saturated rings. The Balaban J connectivity index is 2.16. The molecule has 0 aliphatic heterocycles. The largest absolute Gasteiger partial charge is 0.496 e. The van der Waals surface area contributed by atoms with E-state index in [2.05, 4.69) is 22.2 Å². The van der Waals surface area contributed by atoms with Crippen LogP contribution in [0.1, 0.15) is 19.4 Å². The second-order valence-electron chi connectivity index (χ2n) is 4.77. The first-order chi connectivity index (χ1) is 10.8. The molecule has 5 nitrogen and oxygen atoms in total. The predicted octanol–water partition coefficient (Wildman–Crippen LogP) is 2.67. The molecule has 1 aliphatic rings. The number of ether oxygens (including phenoxy) is 2. The lowest BCUT2D eigenvalue weighted by molar-refractivity contribution is -0.00848. The van der Waals surface area contributed by atoms with E-state index in [-0.39, 0.29) is 6.04 Å². The molecule has 0 spiro atoms. The van der Waals surface area contributed by atoms with Crippen molar-refractivity contribution in [3.63, 3.8) is 0 Å². The minimum absolute atomic E-state index is 0.118. The Morgan fingerprint density at radius 1 is 1.14 bits per heavy atom. The summed E-state index contributed by atoms with van der Waals surface area (Å²) < 4.78 is 11.2. The topological polar surface area (TPSA) is 66.9 Å². The summed E-state index contributed by atoms with van der Waals surface area (Å²) in [7, 11) is 0. The van der Waals surface area contributed by atoms with Crippen molar-refractivity contribution in [2.45, 2.75) is 26.4 Å². The lowest BCUT2D eigenvalue weighted by Gasteiger charge is -2.22. The lowest BCUT2D eigenvalue weighted by Crippen LogP contribution is -2.34. The van der Waals surface area contributed by atoms with Gasteiger partial charge < -0.3 is 15.0 Å². The van der Waals surface area contributed by atoms with E-state index < -0.39 is 0 Å². The van der Waals surface area contributed by atoms with Crippen LogP contribution in [0, 0.1) is 0 Å². The van der Waals surface area contributed by atoms with Crippen molar-refractivity contribution >= 4 is 5.71 Å². The minimum Gasteiger partial charge on any atom is -0.496 e. The highest BCUT2D eigenvalue weighted by atomic mass is 16.5. The van der Waals surface area contributed by atoms with Crippen LogP contribution in [0.15, 0.2) is 54.0 Å². The molecule has 0 aromatic heterocycles. The van der Waals surface area contributed by atoms with Gasteiger partial charge in [0.2, 0.25) is 5.76 Å². The fourth-order valence-corrected chi connectivity index (χ4v) is 2.25. The summed E-state index contributed by atoms with van der Waals surface area (Å²) in [6.45, 7) is 5.58. The number of hydrogen-bond donors (Lipinski definition) is 1. The van der Waals surface area contributed by atoms with Gasteiger partial charge in [-0.15, -0.1) is 0 Å². The molecule has 1 N–H and O–H groups in total. The minimum atomic E-state index is -0.118. The Morgan fingerprint density at radius 3 is 2.50 bits per heavy atom. The molecule has 0 bridgehead atoms. The van der Waals surface area contributed by atoms with Crippen molar-refractivity contribution in [1.29, 1.82) is 0 Å². The first-order valence-corrected chi connectivity index (χ1v) is 7.47. The average molecular weight is 299 g/mol. The van der Waals surface area contributed by atoms with Gasteiger partial charge in [0.1, 0.15) is 5.76 Å². The third-order valence-corrected chi connectivity index (χ3v) is 3.24. The van der Waals surface area contributed by atoms with E-state index in [0.29, 0.717) is 31.2 Å². The van der Waals surface area contributed by atoms with Crippen LogP contribution in [0.25, 0.3) is 5.53 Å². The Hall–Kier alpha value is -2.36. The molecule has 2 rings (SSSR count). The van der Waals surface area contributed by atoms with Crippen molar-refractivity contribution < 1.29 is 14.3 Å². The molecule has 22 heavy (non-hydrogen) atoms. The first-order valence-electron chi connectivity index (χ1n) is 7.47. The summed E-state index contributed by atoms with van der Waals surface area (Å²) in [4.78, 5) is 3.27. The van der Waals surface area contributed by atoms with E-state index in [1.165, 1.54) is 5.56 Å². The van der Waals surface area contributed by atoms with Crippen LogP contribution in [0.3, 0.4) is 0 Å². The molecule has 116 valence electrons. The second kappa shape index (κ2) is 8.17. The van der Waals surface area contributed by atoms with Crippen LogP contribution in [0.5, 0.6) is 0 Å². The van der Waals surface area contributed by atoms with E-state index in [1.54, 1.807) is 6.08 Å². The van der Waals surface area contributed by atoms with Gasteiger partial charge in [0.25, 0.3) is 0 Å². The third-order valence-electron chi connectivity index (χ3n) is 3.24. The molecule has 1 aromatic carbocycles. The van der Waals surface area contributed by atoms with Gasteiger partial charge in [0.15, 0.2) is 0 Å². The van der Waals surface area contributed by atoms with Gasteiger partial charge in [-0.1, -0.05) is 30.3 Å². The van der Waals surface area contributed by atoms with E-state index in [1.807, 2.05) is 38.1 Å². The maximum absolute atomic E-state index is 9.11. The summed E-state index contributed by atoms with van der Waals surface area (Å²) >= 11 is 0. The van der Waals surface area contributed by atoms with Gasteiger partial charge >= 0.3 is 5.71 Å². The van der Waals surface area contributed by atoms with E-state index in [9.17, 15) is 0 Å². The van der Waals surface area contributed by atoms with Crippen molar-refractivity contribution in [3.05, 3.63) is 65.1 Å². The zero-order valence-electron chi connectivity index (χ0n) is 13.0. The van der Waals surface area contributed by atoms with Crippen LogP contribution in [-0.2, 0) is 16.0 Å². The molecule has 1 aliphatic carbocycles. The maximum Gasteiger partial charge on any atom is 0.359 e. The van der Waals surface area contributed by atoms with Gasteiger partial charge in [-0.25, -0.2) is 0 Å². The SMILES string of the molecule is CCOC1=CC(NCc2ccccc2)C(OCC)=CC1=[N+]=[N-]. The monoisotopic (exact) mass is 299 g/mol. The molecule has 5 heteroatoms. The lowest BCUT2D eigenvalue weighted by atomic mass is 10.0. The highest BCUT2D eigenvalue weighted by molar-refractivity contribution is 6.04. The Labute approximate surface area is 130 Å². The maximum atomic E-state index is 9.11. The smallest absolute Gasteiger partial charge is 0.359 e. The predicted molar refractivity (Wildman–Crippen MR) is 85.1 cm³/mol. The zero-order chi connectivity index (χ0) is 15.8. The van der Waals surface area contributed by atoms with Crippen LogP contribution in [0.2, 0.25) is 0 Å². The Morgan fingerprint density at radius 2 is 1.86 bits per heavy atom. The van der Waals surface area contributed by atoms with Gasteiger partial charge in [0.05, 0.1) is 25.3 Å². The molecule has 1 unspecified atom stereocenters. The molecule has 0 saturated carbocycles. The van der Waals surface area contributed by atoms with Crippen molar-refractivity contribution in [3.8, 4) is 0 Å². The first kappa shape index (κ1) is 16.0. The number of benzene rings is 1. The summed E-state index contributed by atoms with van der Waals surface area (Å²) in [6, 6.07) is 10.0. The average Bonchev–Trinajstić information content (AvgIpc) is 2.56. The molecule has 0 heterocycles. The normalized spacial score (nSPS) is 17.4. The Bertz CT molecular complexity index is 602. The molecule has 0 saturated heterocycles. The summed E-state index contributed by atoms with van der Waals surface area (Å²) in [5, 5.41) is 3.42. The van der Waals surface area contributed by atoms with E-state index >= 15 is 0 Å². The number of nitrogens with zero attached hydrogens (tertiary/aromatic N) is 2. The van der Waals surface area contributed by atoms with E-state index in [0.717, 1.165) is 5.76 Å². The highest BCUT2D eigenvalue weighted by Gasteiger charge is 2.27. The van der Waals surface area contributed by atoms with Crippen molar-refractivity contribution in [1.82, 2.24) is 5.32 Å².